The summed E-state index contributed by atoms with van der Waals surface area (Å²) in [6.07, 6.45) is 1.64. The molecule has 0 aliphatic carbocycles. The van der Waals surface area contributed by atoms with Gasteiger partial charge >= 0.3 is 11.9 Å². The van der Waals surface area contributed by atoms with Crippen molar-refractivity contribution in [2.24, 2.45) is 0 Å². The van der Waals surface area contributed by atoms with Crippen molar-refractivity contribution in [1.82, 2.24) is 0 Å². The Labute approximate surface area is 114 Å². The largest absolute Gasteiger partial charge is 0.436 e. The van der Waals surface area contributed by atoms with E-state index in [9.17, 15) is 9.59 Å². The summed E-state index contributed by atoms with van der Waals surface area (Å²) in [5, 5.41) is 0. The molecular formula is C13H24O6. The molecule has 6 heteroatoms. The second kappa shape index (κ2) is 10.8. The molecule has 112 valence electrons. The number of hydrogen-bond donors (Lipinski definition) is 0. The van der Waals surface area contributed by atoms with Gasteiger partial charge in [-0.15, -0.1) is 0 Å². The van der Waals surface area contributed by atoms with Crippen LogP contribution in [0.1, 0.15) is 47.0 Å². The van der Waals surface area contributed by atoms with Gasteiger partial charge in [0.25, 0.3) is 0 Å². The fourth-order valence-corrected chi connectivity index (χ4v) is 1.41. The van der Waals surface area contributed by atoms with Gasteiger partial charge in [-0.1, -0.05) is 0 Å². The van der Waals surface area contributed by atoms with Crippen molar-refractivity contribution in [3.63, 3.8) is 0 Å². The van der Waals surface area contributed by atoms with Gasteiger partial charge in [0.05, 0.1) is 13.2 Å². The molecule has 6 nitrogen and oxygen atoms in total. The normalized spacial score (nSPS) is 13.7. The van der Waals surface area contributed by atoms with E-state index in [0.717, 1.165) is 19.3 Å². The molecule has 0 fully saturated rings. The van der Waals surface area contributed by atoms with E-state index in [4.69, 9.17) is 18.9 Å². The summed E-state index contributed by atoms with van der Waals surface area (Å²) in [6.45, 7) is 7.14. The van der Waals surface area contributed by atoms with Crippen molar-refractivity contribution < 1.29 is 28.5 Å². The highest BCUT2D eigenvalue weighted by atomic mass is 16.7. The average molecular weight is 276 g/mol. The third-order valence-corrected chi connectivity index (χ3v) is 2.16. The van der Waals surface area contributed by atoms with Crippen LogP contribution in [-0.2, 0) is 28.5 Å². The van der Waals surface area contributed by atoms with Crippen LogP contribution in [0, 0.1) is 0 Å². The summed E-state index contributed by atoms with van der Waals surface area (Å²) >= 11 is 0. The first-order valence-corrected chi connectivity index (χ1v) is 6.49. The highest BCUT2D eigenvalue weighted by Crippen LogP contribution is 2.02. The molecule has 0 aliphatic rings. The van der Waals surface area contributed by atoms with Crippen molar-refractivity contribution >= 4 is 11.9 Å². The lowest BCUT2D eigenvalue weighted by molar-refractivity contribution is -0.172. The van der Waals surface area contributed by atoms with Crippen LogP contribution in [0.2, 0.25) is 0 Å². The Kier molecular flexibility index (Phi) is 10.1. The van der Waals surface area contributed by atoms with Crippen molar-refractivity contribution in [2.75, 3.05) is 13.2 Å². The summed E-state index contributed by atoms with van der Waals surface area (Å²) < 4.78 is 20.2. The molecule has 0 N–H and O–H groups in total. The number of unbranched alkanes of at least 4 members (excludes halogenated alkanes) is 2. The van der Waals surface area contributed by atoms with Crippen LogP contribution < -0.4 is 0 Å². The molecule has 0 amide bonds. The van der Waals surface area contributed by atoms with E-state index in [1.807, 2.05) is 0 Å². The van der Waals surface area contributed by atoms with Crippen LogP contribution in [-0.4, -0.2) is 37.7 Å². The summed E-state index contributed by atoms with van der Waals surface area (Å²) in [5.41, 5.74) is 0. The number of ether oxygens (including phenoxy) is 4. The van der Waals surface area contributed by atoms with Gasteiger partial charge in [0, 0.05) is 13.8 Å². The minimum absolute atomic E-state index is 0.347. The van der Waals surface area contributed by atoms with Crippen LogP contribution in [0.25, 0.3) is 0 Å². The summed E-state index contributed by atoms with van der Waals surface area (Å²) in [4.78, 5) is 21.2. The Bertz CT molecular complexity index is 240. The third kappa shape index (κ3) is 13.1. The molecule has 0 aromatic rings. The van der Waals surface area contributed by atoms with E-state index in [1.165, 1.54) is 13.8 Å². The van der Waals surface area contributed by atoms with E-state index < -0.39 is 12.6 Å². The van der Waals surface area contributed by atoms with Crippen molar-refractivity contribution in [3.05, 3.63) is 0 Å². The number of hydrogen-bond acceptors (Lipinski definition) is 6. The Morgan fingerprint density at radius 1 is 0.789 bits per heavy atom. The van der Waals surface area contributed by atoms with Crippen LogP contribution in [0.3, 0.4) is 0 Å². The molecule has 0 saturated carbocycles. The highest BCUT2D eigenvalue weighted by Gasteiger charge is 2.05. The van der Waals surface area contributed by atoms with Gasteiger partial charge in [0.1, 0.15) is 0 Å². The summed E-state index contributed by atoms with van der Waals surface area (Å²) in [7, 11) is 0. The van der Waals surface area contributed by atoms with Gasteiger partial charge in [-0.05, 0) is 33.1 Å². The summed E-state index contributed by atoms with van der Waals surface area (Å²) in [5.74, 6) is -0.694. The zero-order valence-electron chi connectivity index (χ0n) is 12.1. The zero-order valence-corrected chi connectivity index (χ0v) is 12.1. The topological polar surface area (TPSA) is 71.1 Å². The number of carbonyl (C=O) groups excluding carboxylic acids is 2. The molecule has 0 radical (unpaired) electrons. The van der Waals surface area contributed by atoms with Crippen molar-refractivity contribution in [2.45, 2.75) is 59.5 Å². The first-order valence-electron chi connectivity index (χ1n) is 6.49. The minimum atomic E-state index is -0.502. The fourth-order valence-electron chi connectivity index (χ4n) is 1.41. The van der Waals surface area contributed by atoms with E-state index in [2.05, 4.69) is 0 Å². The maximum Gasteiger partial charge on any atom is 0.304 e. The molecule has 0 aliphatic heterocycles. The molecule has 2 atom stereocenters. The fraction of sp³-hybridized carbons (Fsp3) is 0.846. The molecule has 0 spiro atoms. The van der Waals surface area contributed by atoms with Crippen LogP contribution in [0.4, 0.5) is 0 Å². The Morgan fingerprint density at radius 2 is 1.16 bits per heavy atom. The van der Waals surface area contributed by atoms with Crippen LogP contribution in [0.5, 0.6) is 0 Å². The predicted molar refractivity (Wildman–Crippen MR) is 68.2 cm³/mol. The smallest absolute Gasteiger partial charge is 0.304 e. The molecule has 0 heterocycles. The Balaban J connectivity index is 3.31. The average Bonchev–Trinajstić information content (AvgIpc) is 2.25. The predicted octanol–water partition coefficient (Wildman–Crippen LogP) is 2.01. The second-order valence-corrected chi connectivity index (χ2v) is 4.16. The van der Waals surface area contributed by atoms with Gasteiger partial charge in [-0.25, -0.2) is 0 Å². The van der Waals surface area contributed by atoms with Crippen LogP contribution >= 0.6 is 0 Å². The highest BCUT2D eigenvalue weighted by molar-refractivity contribution is 5.66. The van der Waals surface area contributed by atoms with Crippen molar-refractivity contribution in [1.29, 1.82) is 0 Å². The quantitative estimate of drug-likeness (QED) is 0.345. The minimum Gasteiger partial charge on any atom is -0.436 e. The molecule has 19 heavy (non-hydrogen) atoms. The van der Waals surface area contributed by atoms with Crippen molar-refractivity contribution in [3.8, 4) is 0 Å². The molecular weight excluding hydrogens is 252 g/mol. The van der Waals surface area contributed by atoms with Gasteiger partial charge in [-0.2, -0.15) is 0 Å². The Morgan fingerprint density at radius 3 is 1.47 bits per heavy atom. The molecule has 0 bridgehead atoms. The van der Waals surface area contributed by atoms with Gasteiger partial charge in [-0.3, -0.25) is 9.59 Å². The standard InChI is InChI=1S/C13H24O6/c1-10(14)18-12(3)16-8-6-5-7-9-17-13(4)19-11(2)15/h12-13H,5-9H2,1-4H3. The zero-order chi connectivity index (χ0) is 14.7. The van der Waals surface area contributed by atoms with Gasteiger partial charge in [0.2, 0.25) is 0 Å². The maximum absolute atomic E-state index is 10.6. The van der Waals surface area contributed by atoms with E-state index >= 15 is 0 Å². The second-order valence-electron chi connectivity index (χ2n) is 4.16. The van der Waals surface area contributed by atoms with E-state index in [0.29, 0.717) is 13.2 Å². The lowest BCUT2D eigenvalue weighted by Crippen LogP contribution is -2.17. The lowest BCUT2D eigenvalue weighted by Gasteiger charge is -2.13. The van der Waals surface area contributed by atoms with E-state index in [-0.39, 0.29) is 11.9 Å². The Hall–Kier alpha value is -1.14. The molecule has 0 saturated heterocycles. The monoisotopic (exact) mass is 276 g/mol. The number of carbonyl (C=O) groups is 2. The molecule has 0 rings (SSSR count). The van der Waals surface area contributed by atoms with E-state index in [1.54, 1.807) is 13.8 Å². The number of rotatable bonds is 10. The molecule has 2 unspecified atom stereocenters. The molecule has 0 aromatic heterocycles. The maximum atomic E-state index is 10.6. The summed E-state index contributed by atoms with van der Waals surface area (Å²) in [6, 6.07) is 0. The number of esters is 2. The first-order chi connectivity index (χ1) is 8.91. The first kappa shape index (κ1) is 17.9. The molecule has 0 aromatic carbocycles. The lowest BCUT2D eigenvalue weighted by atomic mass is 10.2. The SMILES string of the molecule is CC(=O)OC(C)OCCCCCOC(C)OC(C)=O. The third-order valence-electron chi connectivity index (χ3n) is 2.16. The van der Waals surface area contributed by atoms with Gasteiger partial charge in [0.15, 0.2) is 12.6 Å². The van der Waals surface area contributed by atoms with Crippen LogP contribution in [0.15, 0.2) is 0 Å². The van der Waals surface area contributed by atoms with Gasteiger partial charge < -0.3 is 18.9 Å².